The van der Waals surface area contributed by atoms with Gasteiger partial charge >= 0.3 is 0 Å². The van der Waals surface area contributed by atoms with E-state index in [0.29, 0.717) is 5.69 Å². The fourth-order valence-corrected chi connectivity index (χ4v) is 2.58. The van der Waals surface area contributed by atoms with Gasteiger partial charge in [0, 0.05) is 58.4 Å². The molecule has 3 heterocycles. The van der Waals surface area contributed by atoms with Crippen molar-refractivity contribution in [2.45, 2.75) is 0 Å². The normalized spacial score (nSPS) is 14.5. The minimum absolute atomic E-state index is 0.451. The van der Waals surface area contributed by atoms with Gasteiger partial charge in [0.05, 0.1) is 0 Å². The largest absolute Gasteiger partial charge is 0.368 e. The van der Waals surface area contributed by atoms with Gasteiger partial charge in [-0.2, -0.15) is 10.2 Å². The van der Waals surface area contributed by atoms with E-state index in [9.17, 15) is 0 Å². The Morgan fingerprint density at radius 1 is 1.04 bits per heavy atom. The molecular weight excluding hydrogens is 290 g/mol. The highest BCUT2D eigenvalue weighted by Crippen LogP contribution is 2.19. The maximum Gasteiger partial charge on any atom is 0.227 e. The summed E-state index contributed by atoms with van der Waals surface area (Å²) in [4.78, 5) is 19.4. The van der Waals surface area contributed by atoms with Gasteiger partial charge in [-0.15, -0.1) is 0 Å². The van der Waals surface area contributed by atoms with Crippen molar-refractivity contribution in [1.82, 2.24) is 15.0 Å². The van der Waals surface area contributed by atoms with Crippen LogP contribution < -0.4 is 14.7 Å². The second kappa shape index (κ2) is 6.48. The van der Waals surface area contributed by atoms with Crippen molar-refractivity contribution in [3.8, 4) is 6.07 Å². The average molecular weight is 309 g/mol. The highest BCUT2D eigenvalue weighted by molar-refractivity contribution is 5.51. The lowest BCUT2D eigenvalue weighted by atomic mass is 10.2. The molecule has 0 spiro atoms. The fraction of sp³-hybridized carbons (Fsp3) is 0.375. The van der Waals surface area contributed by atoms with Crippen molar-refractivity contribution in [2.75, 3.05) is 55.0 Å². The Labute approximate surface area is 135 Å². The van der Waals surface area contributed by atoms with Crippen LogP contribution in [0.25, 0.3) is 0 Å². The van der Waals surface area contributed by atoms with E-state index in [1.165, 1.54) is 0 Å². The summed E-state index contributed by atoms with van der Waals surface area (Å²) in [5.41, 5.74) is 1.49. The summed E-state index contributed by atoms with van der Waals surface area (Å²) in [6, 6.07) is 7.76. The van der Waals surface area contributed by atoms with Crippen LogP contribution >= 0.6 is 0 Å². The van der Waals surface area contributed by atoms with Crippen molar-refractivity contribution in [3.63, 3.8) is 0 Å². The van der Waals surface area contributed by atoms with Gasteiger partial charge in [-0.25, -0.2) is 9.97 Å². The molecule has 1 fully saturated rings. The topological polar surface area (TPSA) is 72.2 Å². The van der Waals surface area contributed by atoms with Crippen molar-refractivity contribution in [1.29, 1.82) is 5.26 Å². The summed E-state index contributed by atoms with van der Waals surface area (Å²) < 4.78 is 0. The molecule has 0 aliphatic carbocycles. The minimum Gasteiger partial charge on any atom is -0.368 e. The molecule has 0 bridgehead atoms. The van der Waals surface area contributed by atoms with Gasteiger partial charge in [0.15, 0.2) is 0 Å². The van der Waals surface area contributed by atoms with E-state index in [-0.39, 0.29) is 0 Å². The Kier molecular flexibility index (Phi) is 4.24. The van der Waals surface area contributed by atoms with Crippen molar-refractivity contribution < 1.29 is 0 Å². The molecule has 0 amide bonds. The summed E-state index contributed by atoms with van der Waals surface area (Å²) in [5, 5.41) is 8.96. The number of nitrogens with zero attached hydrogens (tertiary/aromatic N) is 7. The number of hydrogen-bond acceptors (Lipinski definition) is 7. The zero-order valence-electron chi connectivity index (χ0n) is 13.3. The number of aromatic nitrogens is 3. The zero-order chi connectivity index (χ0) is 16.2. The quantitative estimate of drug-likeness (QED) is 0.841. The standard InChI is InChI=1S/C16H19N7/c1-21(2)15-4-6-19-16(20-15)23-9-7-22(8-10-23)14-3-5-18-13(11-14)12-17/h3-6,11H,7-10H2,1-2H3. The maximum atomic E-state index is 8.96. The molecule has 0 unspecified atom stereocenters. The van der Waals surface area contributed by atoms with E-state index in [0.717, 1.165) is 43.6 Å². The van der Waals surface area contributed by atoms with Crippen molar-refractivity contribution >= 4 is 17.5 Å². The van der Waals surface area contributed by atoms with Gasteiger partial charge in [0.2, 0.25) is 5.95 Å². The van der Waals surface area contributed by atoms with E-state index < -0.39 is 0 Å². The Balaban J connectivity index is 1.68. The predicted molar refractivity (Wildman–Crippen MR) is 89.7 cm³/mol. The molecule has 0 radical (unpaired) electrons. The van der Waals surface area contributed by atoms with Crippen molar-refractivity contribution in [3.05, 3.63) is 36.3 Å². The van der Waals surface area contributed by atoms with Crippen LogP contribution in [0.3, 0.4) is 0 Å². The van der Waals surface area contributed by atoms with Crippen LogP contribution in [0.15, 0.2) is 30.6 Å². The highest BCUT2D eigenvalue weighted by atomic mass is 15.3. The molecule has 1 aliphatic rings. The Morgan fingerprint density at radius 2 is 1.74 bits per heavy atom. The number of piperazine rings is 1. The second-order valence-electron chi connectivity index (χ2n) is 5.59. The third kappa shape index (κ3) is 3.31. The van der Waals surface area contributed by atoms with Gasteiger partial charge in [-0.1, -0.05) is 0 Å². The fourth-order valence-electron chi connectivity index (χ4n) is 2.58. The lowest BCUT2D eigenvalue weighted by Crippen LogP contribution is -2.47. The van der Waals surface area contributed by atoms with Gasteiger partial charge in [0.1, 0.15) is 17.6 Å². The number of pyridine rings is 1. The molecule has 0 atom stereocenters. The van der Waals surface area contributed by atoms with Crippen LogP contribution in [0.4, 0.5) is 17.5 Å². The summed E-state index contributed by atoms with van der Waals surface area (Å²) in [6.07, 6.45) is 3.48. The van der Waals surface area contributed by atoms with Gasteiger partial charge in [-0.05, 0) is 18.2 Å². The molecule has 2 aromatic heterocycles. The summed E-state index contributed by atoms with van der Waals surface area (Å²) >= 11 is 0. The van der Waals surface area contributed by atoms with Gasteiger partial charge in [0.25, 0.3) is 0 Å². The molecule has 1 aliphatic heterocycles. The van der Waals surface area contributed by atoms with Crippen LogP contribution in [0.2, 0.25) is 0 Å². The second-order valence-corrected chi connectivity index (χ2v) is 5.59. The molecule has 7 nitrogen and oxygen atoms in total. The molecule has 0 aromatic carbocycles. The van der Waals surface area contributed by atoms with Crippen LogP contribution in [-0.4, -0.2) is 55.2 Å². The molecule has 1 saturated heterocycles. The molecule has 7 heteroatoms. The summed E-state index contributed by atoms with van der Waals surface area (Å²) in [7, 11) is 3.94. The van der Waals surface area contributed by atoms with E-state index in [4.69, 9.17) is 5.26 Å². The molecule has 23 heavy (non-hydrogen) atoms. The first-order valence-corrected chi connectivity index (χ1v) is 7.54. The third-order valence-electron chi connectivity index (χ3n) is 3.87. The van der Waals surface area contributed by atoms with Crippen LogP contribution in [-0.2, 0) is 0 Å². The number of anilines is 3. The first-order valence-electron chi connectivity index (χ1n) is 7.54. The molecule has 118 valence electrons. The smallest absolute Gasteiger partial charge is 0.227 e. The number of nitriles is 1. The van der Waals surface area contributed by atoms with Gasteiger partial charge < -0.3 is 14.7 Å². The number of rotatable bonds is 3. The molecule has 0 saturated carbocycles. The van der Waals surface area contributed by atoms with Crippen LogP contribution in [0, 0.1) is 11.3 Å². The van der Waals surface area contributed by atoms with Crippen LogP contribution in [0.5, 0.6) is 0 Å². The highest BCUT2D eigenvalue weighted by Gasteiger charge is 2.20. The van der Waals surface area contributed by atoms with E-state index >= 15 is 0 Å². The monoisotopic (exact) mass is 309 g/mol. The lowest BCUT2D eigenvalue weighted by molar-refractivity contribution is 0.639. The Bertz CT molecular complexity index is 714. The molecule has 2 aromatic rings. The Hall–Kier alpha value is -2.88. The predicted octanol–water partition coefficient (Wildman–Crippen LogP) is 1.14. The van der Waals surface area contributed by atoms with E-state index in [1.54, 1.807) is 12.4 Å². The molecule has 3 rings (SSSR count). The minimum atomic E-state index is 0.451. The molecular formula is C16H19N7. The third-order valence-corrected chi connectivity index (χ3v) is 3.87. The van der Waals surface area contributed by atoms with E-state index in [2.05, 4.69) is 30.8 Å². The first kappa shape index (κ1) is 15.0. The van der Waals surface area contributed by atoms with Crippen LogP contribution in [0.1, 0.15) is 5.69 Å². The summed E-state index contributed by atoms with van der Waals surface area (Å²) in [5.74, 6) is 1.67. The Morgan fingerprint density at radius 3 is 2.43 bits per heavy atom. The summed E-state index contributed by atoms with van der Waals surface area (Å²) in [6.45, 7) is 3.43. The zero-order valence-corrected chi connectivity index (χ0v) is 13.3. The first-order chi connectivity index (χ1) is 11.2. The SMILES string of the molecule is CN(C)c1ccnc(N2CCN(c3ccnc(C#N)c3)CC2)n1. The lowest BCUT2D eigenvalue weighted by Gasteiger charge is -2.36. The van der Waals surface area contributed by atoms with Crippen molar-refractivity contribution in [2.24, 2.45) is 0 Å². The number of hydrogen-bond donors (Lipinski definition) is 0. The average Bonchev–Trinajstić information content (AvgIpc) is 2.62. The molecule has 0 N–H and O–H groups in total. The maximum absolute atomic E-state index is 8.96. The van der Waals surface area contributed by atoms with E-state index in [1.807, 2.05) is 37.2 Å². The van der Waals surface area contributed by atoms with Gasteiger partial charge in [-0.3, -0.25) is 0 Å².